The number of hydrogen-bond acceptors (Lipinski definition) is 7. The number of benzene rings is 3. The monoisotopic (exact) mass is 602 g/mol. The fourth-order valence-electron chi connectivity index (χ4n) is 4.94. The number of halogens is 1. The first-order valence-electron chi connectivity index (χ1n) is 14.4. The van der Waals surface area contributed by atoms with Crippen LogP contribution in [0.3, 0.4) is 0 Å². The Kier molecular flexibility index (Phi) is 11.2. The molecule has 0 saturated heterocycles. The zero-order chi connectivity index (χ0) is 31.6. The molecule has 1 aliphatic rings. The summed E-state index contributed by atoms with van der Waals surface area (Å²) in [7, 11) is 6.87. The predicted molar refractivity (Wildman–Crippen MR) is 169 cm³/mol. The van der Waals surface area contributed by atoms with Crippen molar-refractivity contribution in [3.63, 3.8) is 0 Å². The number of carbonyl (C=O) groups is 2. The molecule has 44 heavy (non-hydrogen) atoms. The number of allylic oxidation sites excluding steroid dienone is 2. The average molecular weight is 603 g/mol. The second-order valence-electron chi connectivity index (χ2n) is 10.7. The number of nitrogens with one attached hydrogen (secondary N) is 1. The molecule has 1 N–H and O–H groups in total. The van der Waals surface area contributed by atoms with E-state index in [0.717, 1.165) is 33.4 Å². The van der Waals surface area contributed by atoms with Crippen molar-refractivity contribution in [2.45, 2.75) is 26.3 Å². The molecule has 1 aliphatic carbocycles. The van der Waals surface area contributed by atoms with Gasteiger partial charge in [-0.25, -0.2) is 4.39 Å². The van der Waals surface area contributed by atoms with Crippen LogP contribution in [-0.2, 0) is 20.9 Å². The molecule has 0 unspecified atom stereocenters. The van der Waals surface area contributed by atoms with Crippen LogP contribution in [0, 0.1) is 5.82 Å². The first kappa shape index (κ1) is 32.3. The second-order valence-corrected chi connectivity index (χ2v) is 10.7. The summed E-state index contributed by atoms with van der Waals surface area (Å²) >= 11 is 0. The SMILES string of the molecule is COc1cc(C=C2C(C)=C(CC(=O)NCc3ccccc3)c3cc(F)ccc32)cc(OC)c1OCCC(=O)OCCN(C)C. The molecule has 0 saturated carbocycles. The van der Waals surface area contributed by atoms with Crippen molar-refractivity contribution in [3.05, 3.63) is 94.3 Å². The molecule has 0 heterocycles. The van der Waals surface area contributed by atoms with Gasteiger partial charge in [-0.15, -0.1) is 0 Å². The van der Waals surface area contributed by atoms with Crippen molar-refractivity contribution < 1.29 is 32.9 Å². The number of methoxy groups -OCH3 is 2. The smallest absolute Gasteiger partial charge is 0.309 e. The van der Waals surface area contributed by atoms with E-state index in [1.54, 1.807) is 18.2 Å². The standard InChI is InChI=1S/C35H39FN2O6/c1-23-28(27-12-11-26(36)20-30(27)29(23)21-33(39)37-22-24-9-7-6-8-10-24)17-25-18-31(41-4)35(32(19-25)42-5)44-15-13-34(40)43-16-14-38(2)3/h6-12,17-20H,13-16,21-22H2,1-5H3,(H,37,39). The molecule has 0 bridgehead atoms. The number of hydrogen-bond donors (Lipinski definition) is 1. The van der Waals surface area contributed by atoms with Crippen LogP contribution < -0.4 is 19.5 Å². The topological polar surface area (TPSA) is 86.3 Å². The molecule has 3 aromatic carbocycles. The number of ether oxygens (including phenoxy) is 4. The van der Waals surface area contributed by atoms with Crippen LogP contribution in [0.1, 0.15) is 42.0 Å². The van der Waals surface area contributed by atoms with Crippen LogP contribution in [0.2, 0.25) is 0 Å². The van der Waals surface area contributed by atoms with Gasteiger partial charge in [0.05, 0.1) is 33.7 Å². The Morgan fingerprint density at radius 2 is 1.64 bits per heavy atom. The van der Waals surface area contributed by atoms with Gasteiger partial charge in [-0.05, 0) is 90.3 Å². The summed E-state index contributed by atoms with van der Waals surface area (Å²) in [6.45, 7) is 3.39. The van der Waals surface area contributed by atoms with Gasteiger partial charge in [-0.2, -0.15) is 0 Å². The number of nitrogens with zero attached hydrogens (tertiary/aromatic N) is 1. The van der Waals surface area contributed by atoms with Crippen molar-refractivity contribution >= 4 is 29.1 Å². The highest BCUT2D eigenvalue weighted by Gasteiger charge is 2.26. The van der Waals surface area contributed by atoms with E-state index in [9.17, 15) is 14.0 Å². The highest BCUT2D eigenvalue weighted by Crippen LogP contribution is 2.45. The normalized spacial score (nSPS) is 13.2. The van der Waals surface area contributed by atoms with Crippen LogP contribution in [0.15, 0.2) is 66.2 Å². The van der Waals surface area contributed by atoms with Crippen molar-refractivity contribution in [1.29, 1.82) is 0 Å². The summed E-state index contributed by atoms with van der Waals surface area (Å²) in [6, 6.07) is 17.9. The molecule has 0 radical (unpaired) electrons. The van der Waals surface area contributed by atoms with E-state index < -0.39 is 0 Å². The highest BCUT2D eigenvalue weighted by molar-refractivity contribution is 6.08. The van der Waals surface area contributed by atoms with E-state index in [1.165, 1.54) is 26.4 Å². The lowest BCUT2D eigenvalue weighted by molar-refractivity contribution is -0.144. The van der Waals surface area contributed by atoms with Gasteiger partial charge in [-0.1, -0.05) is 36.4 Å². The summed E-state index contributed by atoms with van der Waals surface area (Å²) in [5.41, 5.74) is 5.80. The van der Waals surface area contributed by atoms with Gasteiger partial charge in [0.1, 0.15) is 12.4 Å². The number of rotatable bonds is 14. The van der Waals surface area contributed by atoms with Crippen molar-refractivity contribution in [1.82, 2.24) is 10.2 Å². The molecule has 9 heteroatoms. The summed E-state index contributed by atoms with van der Waals surface area (Å²) < 4.78 is 36.8. The van der Waals surface area contributed by atoms with Crippen LogP contribution in [-0.4, -0.2) is 64.8 Å². The van der Waals surface area contributed by atoms with Gasteiger partial charge in [0.2, 0.25) is 11.7 Å². The third-order valence-corrected chi connectivity index (χ3v) is 7.27. The maximum Gasteiger partial charge on any atom is 0.309 e. The molecular weight excluding hydrogens is 563 g/mol. The minimum absolute atomic E-state index is 0.0740. The molecular formula is C35H39FN2O6. The second kappa shape index (κ2) is 15.2. The lowest BCUT2D eigenvalue weighted by Gasteiger charge is -2.16. The minimum Gasteiger partial charge on any atom is -0.493 e. The Bertz CT molecular complexity index is 1520. The Morgan fingerprint density at radius 1 is 0.932 bits per heavy atom. The predicted octanol–water partition coefficient (Wildman–Crippen LogP) is 5.75. The highest BCUT2D eigenvalue weighted by atomic mass is 19.1. The third-order valence-electron chi connectivity index (χ3n) is 7.27. The quantitative estimate of drug-likeness (QED) is 0.235. The van der Waals surface area contributed by atoms with Crippen LogP contribution in [0.4, 0.5) is 4.39 Å². The maximum atomic E-state index is 14.4. The fraction of sp³-hybridized carbons (Fsp3) is 0.314. The number of carbonyl (C=O) groups excluding carboxylic acids is 2. The molecule has 1 amide bonds. The molecule has 4 rings (SSSR count). The fourth-order valence-corrected chi connectivity index (χ4v) is 4.94. The Hall–Kier alpha value is -4.63. The van der Waals surface area contributed by atoms with Crippen molar-refractivity contribution in [2.75, 3.05) is 48.1 Å². The molecule has 0 aliphatic heterocycles. The maximum absolute atomic E-state index is 14.4. The van der Waals surface area contributed by atoms with Gasteiger partial charge >= 0.3 is 5.97 Å². The van der Waals surface area contributed by atoms with Gasteiger partial charge in [-0.3, -0.25) is 9.59 Å². The summed E-state index contributed by atoms with van der Waals surface area (Å²) in [5.74, 6) is 0.357. The van der Waals surface area contributed by atoms with E-state index in [4.69, 9.17) is 18.9 Å². The van der Waals surface area contributed by atoms with E-state index in [2.05, 4.69) is 5.32 Å². The van der Waals surface area contributed by atoms with E-state index in [0.29, 0.717) is 42.5 Å². The van der Waals surface area contributed by atoms with Gasteiger partial charge in [0.25, 0.3) is 0 Å². The number of esters is 1. The molecule has 8 nitrogen and oxygen atoms in total. The van der Waals surface area contributed by atoms with Crippen LogP contribution in [0.5, 0.6) is 17.2 Å². The lowest BCUT2D eigenvalue weighted by Crippen LogP contribution is -2.22. The van der Waals surface area contributed by atoms with E-state index >= 15 is 0 Å². The van der Waals surface area contributed by atoms with E-state index in [-0.39, 0.29) is 37.1 Å². The number of amides is 1. The number of likely N-dealkylation sites (N-methyl/N-ethyl adjacent to an activating group) is 1. The van der Waals surface area contributed by atoms with Crippen molar-refractivity contribution in [2.24, 2.45) is 0 Å². The molecule has 0 fully saturated rings. The average Bonchev–Trinajstić information content (AvgIpc) is 3.25. The number of fused-ring (bicyclic) bond motifs is 1. The van der Waals surface area contributed by atoms with Crippen LogP contribution in [0.25, 0.3) is 17.2 Å². The summed E-state index contributed by atoms with van der Waals surface area (Å²) in [6.07, 6.45) is 2.14. The molecule has 0 atom stereocenters. The van der Waals surface area contributed by atoms with Gasteiger partial charge in [0.15, 0.2) is 11.5 Å². The van der Waals surface area contributed by atoms with Crippen LogP contribution >= 0.6 is 0 Å². The molecule has 232 valence electrons. The minimum atomic E-state index is -0.369. The summed E-state index contributed by atoms with van der Waals surface area (Å²) in [5, 5.41) is 2.97. The van der Waals surface area contributed by atoms with Crippen molar-refractivity contribution in [3.8, 4) is 17.2 Å². The largest absolute Gasteiger partial charge is 0.493 e. The molecule has 3 aromatic rings. The summed E-state index contributed by atoms with van der Waals surface area (Å²) in [4.78, 5) is 27.0. The van der Waals surface area contributed by atoms with Gasteiger partial charge < -0.3 is 29.2 Å². The first-order valence-corrected chi connectivity index (χ1v) is 14.4. The molecule has 0 aromatic heterocycles. The Morgan fingerprint density at radius 3 is 2.30 bits per heavy atom. The van der Waals surface area contributed by atoms with Gasteiger partial charge in [0, 0.05) is 13.1 Å². The zero-order valence-electron chi connectivity index (χ0n) is 25.9. The molecule has 0 spiro atoms. The third kappa shape index (κ3) is 8.26. The zero-order valence-corrected chi connectivity index (χ0v) is 25.9. The Balaban J connectivity index is 1.55. The lowest BCUT2D eigenvalue weighted by atomic mass is 10.00. The van der Waals surface area contributed by atoms with E-state index in [1.807, 2.05) is 62.3 Å². The first-order chi connectivity index (χ1) is 21.2. The Labute approximate surface area is 258 Å².